The highest BCUT2D eigenvalue weighted by atomic mass is 16.6. The minimum atomic E-state index is -0.286. The lowest BCUT2D eigenvalue weighted by Crippen LogP contribution is -2.39. The van der Waals surface area contributed by atoms with E-state index < -0.39 is 0 Å². The Morgan fingerprint density at radius 2 is 2.00 bits per heavy atom. The van der Waals surface area contributed by atoms with Gasteiger partial charge in [-0.1, -0.05) is 13.8 Å². The van der Waals surface area contributed by atoms with E-state index in [9.17, 15) is 9.59 Å². The van der Waals surface area contributed by atoms with Crippen molar-refractivity contribution >= 4 is 11.9 Å². The maximum atomic E-state index is 11.4. The van der Waals surface area contributed by atoms with E-state index in [1.807, 2.05) is 13.8 Å². The Morgan fingerprint density at radius 1 is 1.43 bits per heavy atom. The standard InChI is InChI=1S/C10H17NO3/c1-8(2)7-14-10(13)11-5-3-9(12)4-6-11/h8H,3-7H2,1-2H3. The van der Waals surface area contributed by atoms with Gasteiger partial charge in [-0.25, -0.2) is 4.79 Å². The van der Waals surface area contributed by atoms with Gasteiger partial charge in [0.25, 0.3) is 0 Å². The van der Waals surface area contributed by atoms with Gasteiger partial charge in [-0.15, -0.1) is 0 Å². The SMILES string of the molecule is CC(C)COC(=O)N1CCC(=O)CC1. The molecule has 80 valence electrons. The summed E-state index contributed by atoms with van der Waals surface area (Å²) in [4.78, 5) is 23.9. The van der Waals surface area contributed by atoms with Crippen molar-refractivity contribution in [2.75, 3.05) is 19.7 Å². The smallest absolute Gasteiger partial charge is 0.409 e. The summed E-state index contributed by atoms with van der Waals surface area (Å²) in [6, 6.07) is 0. The van der Waals surface area contributed by atoms with Crippen molar-refractivity contribution in [2.45, 2.75) is 26.7 Å². The second-order valence-corrected chi connectivity index (χ2v) is 4.00. The molecule has 1 amide bonds. The Bertz CT molecular complexity index is 215. The van der Waals surface area contributed by atoms with E-state index in [-0.39, 0.29) is 11.9 Å². The first-order chi connectivity index (χ1) is 6.59. The number of carbonyl (C=O) groups excluding carboxylic acids is 2. The molecule has 14 heavy (non-hydrogen) atoms. The monoisotopic (exact) mass is 199 g/mol. The Balaban J connectivity index is 2.27. The number of rotatable bonds is 2. The van der Waals surface area contributed by atoms with Crippen molar-refractivity contribution in [1.29, 1.82) is 0 Å². The number of ether oxygens (including phenoxy) is 1. The highest BCUT2D eigenvalue weighted by molar-refractivity contribution is 5.81. The fraction of sp³-hybridized carbons (Fsp3) is 0.800. The van der Waals surface area contributed by atoms with Crippen LogP contribution in [0.3, 0.4) is 0 Å². The zero-order valence-corrected chi connectivity index (χ0v) is 8.78. The van der Waals surface area contributed by atoms with E-state index in [0.717, 1.165) is 0 Å². The van der Waals surface area contributed by atoms with Gasteiger partial charge in [0.1, 0.15) is 5.78 Å². The van der Waals surface area contributed by atoms with Gasteiger partial charge in [-0.2, -0.15) is 0 Å². The summed E-state index contributed by atoms with van der Waals surface area (Å²) in [6.07, 6.45) is 0.652. The lowest BCUT2D eigenvalue weighted by atomic mass is 10.1. The molecule has 1 fully saturated rings. The van der Waals surface area contributed by atoms with Gasteiger partial charge in [0.2, 0.25) is 0 Å². The molecule has 0 aromatic carbocycles. The van der Waals surface area contributed by atoms with Gasteiger partial charge in [0, 0.05) is 25.9 Å². The van der Waals surface area contributed by atoms with E-state index in [2.05, 4.69) is 0 Å². The van der Waals surface area contributed by atoms with Gasteiger partial charge < -0.3 is 9.64 Å². The number of Topliss-reactive ketones (excluding diaryl/α,β-unsaturated/α-hetero) is 1. The second-order valence-electron chi connectivity index (χ2n) is 4.00. The minimum absolute atomic E-state index is 0.234. The minimum Gasteiger partial charge on any atom is -0.449 e. The van der Waals surface area contributed by atoms with Crippen molar-refractivity contribution < 1.29 is 14.3 Å². The maximum Gasteiger partial charge on any atom is 0.409 e. The van der Waals surface area contributed by atoms with E-state index >= 15 is 0 Å². The molecule has 0 aromatic rings. The number of piperidine rings is 1. The summed E-state index contributed by atoms with van der Waals surface area (Å²) in [5, 5.41) is 0. The Morgan fingerprint density at radius 3 is 2.50 bits per heavy atom. The summed E-state index contributed by atoms with van der Waals surface area (Å²) in [5.41, 5.74) is 0. The summed E-state index contributed by atoms with van der Waals surface area (Å²) >= 11 is 0. The fourth-order valence-electron chi connectivity index (χ4n) is 1.27. The van der Waals surface area contributed by atoms with Crippen molar-refractivity contribution in [1.82, 2.24) is 4.90 Å². The number of nitrogens with zero attached hydrogens (tertiary/aromatic N) is 1. The van der Waals surface area contributed by atoms with Crippen LogP contribution in [-0.4, -0.2) is 36.5 Å². The number of likely N-dealkylation sites (tertiary alicyclic amines) is 1. The lowest BCUT2D eigenvalue weighted by Gasteiger charge is -2.25. The van der Waals surface area contributed by atoms with Gasteiger partial charge in [-0.05, 0) is 5.92 Å². The van der Waals surface area contributed by atoms with Gasteiger partial charge >= 0.3 is 6.09 Å². The molecule has 0 bridgehead atoms. The molecule has 0 N–H and O–H groups in total. The van der Waals surface area contributed by atoms with Gasteiger partial charge in [-0.3, -0.25) is 4.79 Å². The average Bonchev–Trinajstić information content (AvgIpc) is 2.15. The van der Waals surface area contributed by atoms with Crippen LogP contribution in [0.25, 0.3) is 0 Å². The lowest BCUT2D eigenvalue weighted by molar-refractivity contribution is -0.121. The molecule has 4 heteroatoms. The van der Waals surface area contributed by atoms with E-state index in [1.165, 1.54) is 0 Å². The molecule has 0 spiro atoms. The number of amides is 1. The molecule has 0 atom stereocenters. The van der Waals surface area contributed by atoms with E-state index in [4.69, 9.17) is 4.74 Å². The zero-order chi connectivity index (χ0) is 10.6. The Hall–Kier alpha value is -1.06. The molecule has 0 aromatic heterocycles. The first-order valence-corrected chi connectivity index (χ1v) is 5.03. The normalized spacial score (nSPS) is 17.4. The number of ketones is 1. The number of carbonyl (C=O) groups is 2. The predicted molar refractivity (Wildman–Crippen MR) is 52.0 cm³/mol. The van der Waals surface area contributed by atoms with Crippen LogP contribution >= 0.6 is 0 Å². The predicted octanol–water partition coefficient (Wildman–Crippen LogP) is 1.44. The molecule has 0 aliphatic carbocycles. The molecule has 0 radical (unpaired) electrons. The first-order valence-electron chi connectivity index (χ1n) is 5.03. The maximum absolute atomic E-state index is 11.4. The van der Waals surface area contributed by atoms with Crippen molar-refractivity contribution in [3.8, 4) is 0 Å². The van der Waals surface area contributed by atoms with Crippen LogP contribution in [-0.2, 0) is 9.53 Å². The largest absolute Gasteiger partial charge is 0.449 e. The molecule has 1 heterocycles. The van der Waals surface area contributed by atoms with Crippen LogP contribution in [0.4, 0.5) is 4.79 Å². The van der Waals surface area contributed by atoms with E-state index in [1.54, 1.807) is 4.90 Å². The Kier molecular flexibility index (Phi) is 3.92. The van der Waals surface area contributed by atoms with Crippen LogP contribution in [0.5, 0.6) is 0 Å². The topological polar surface area (TPSA) is 46.6 Å². The summed E-state index contributed by atoms with van der Waals surface area (Å²) in [7, 11) is 0. The molecule has 0 unspecified atom stereocenters. The Labute approximate surface area is 84.2 Å². The molecular formula is C10H17NO3. The zero-order valence-electron chi connectivity index (χ0n) is 8.78. The second kappa shape index (κ2) is 4.98. The van der Waals surface area contributed by atoms with E-state index in [0.29, 0.717) is 38.5 Å². The first kappa shape index (κ1) is 11.0. The van der Waals surface area contributed by atoms with Crippen molar-refractivity contribution in [2.24, 2.45) is 5.92 Å². The number of hydrogen-bond acceptors (Lipinski definition) is 3. The molecule has 0 saturated carbocycles. The molecule has 4 nitrogen and oxygen atoms in total. The third-order valence-electron chi connectivity index (χ3n) is 2.12. The highest BCUT2D eigenvalue weighted by Gasteiger charge is 2.21. The van der Waals surface area contributed by atoms with Crippen LogP contribution in [0, 0.1) is 5.92 Å². The van der Waals surface area contributed by atoms with Crippen LogP contribution < -0.4 is 0 Å². The summed E-state index contributed by atoms with van der Waals surface area (Å²) < 4.78 is 5.05. The van der Waals surface area contributed by atoms with Crippen LogP contribution in [0.1, 0.15) is 26.7 Å². The van der Waals surface area contributed by atoms with Crippen molar-refractivity contribution in [3.05, 3.63) is 0 Å². The molecule has 1 rings (SSSR count). The van der Waals surface area contributed by atoms with Crippen LogP contribution in [0.2, 0.25) is 0 Å². The molecular weight excluding hydrogens is 182 g/mol. The molecule has 1 saturated heterocycles. The summed E-state index contributed by atoms with van der Waals surface area (Å²) in [6.45, 7) is 5.45. The van der Waals surface area contributed by atoms with Crippen LogP contribution in [0.15, 0.2) is 0 Å². The third kappa shape index (κ3) is 3.36. The molecule has 1 aliphatic rings. The summed E-state index contributed by atoms with van der Waals surface area (Å²) in [5.74, 6) is 0.586. The van der Waals surface area contributed by atoms with Gasteiger partial charge in [0.15, 0.2) is 0 Å². The molecule has 1 aliphatic heterocycles. The van der Waals surface area contributed by atoms with Gasteiger partial charge in [0.05, 0.1) is 6.61 Å². The number of hydrogen-bond donors (Lipinski definition) is 0. The highest BCUT2D eigenvalue weighted by Crippen LogP contribution is 2.07. The average molecular weight is 199 g/mol. The quantitative estimate of drug-likeness (QED) is 0.676. The third-order valence-corrected chi connectivity index (χ3v) is 2.12. The fourth-order valence-corrected chi connectivity index (χ4v) is 1.27. The van der Waals surface area contributed by atoms with Crippen molar-refractivity contribution in [3.63, 3.8) is 0 Å².